The van der Waals surface area contributed by atoms with Crippen LogP contribution in [0.5, 0.6) is 5.75 Å². The van der Waals surface area contributed by atoms with Crippen molar-refractivity contribution >= 4 is 17.9 Å². The summed E-state index contributed by atoms with van der Waals surface area (Å²) in [4.78, 5) is 44.8. The first-order chi connectivity index (χ1) is 16.9. The van der Waals surface area contributed by atoms with Crippen LogP contribution in [0.3, 0.4) is 0 Å². The van der Waals surface area contributed by atoms with Crippen molar-refractivity contribution in [2.45, 2.75) is 44.8 Å². The molecule has 2 N–H and O–H groups in total. The SMILES string of the molecule is CCCC1CN(C(=O)ONC(=O)c2cc(C(=O)NC)c3c(c2)C(c2ccccc2)C(C)O3)CCO1. The van der Waals surface area contributed by atoms with Gasteiger partial charge < -0.3 is 24.5 Å². The number of nitrogens with zero attached hydrogens (tertiary/aromatic N) is 1. The Balaban J connectivity index is 1.55. The molecule has 1 fully saturated rings. The molecule has 0 aromatic heterocycles. The number of ether oxygens (including phenoxy) is 2. The van der Waals surface area contributed by atoms with Gasteiger partial charge in [0.15, 0.2) is 0 Å². The average molecular weight is 482 g/mol. The van der Waals surface area contributed by atoms with E-state index < -0.39 is 12.0 Å². The van der Waals surface area contributed by atoms with Gasteiger partial charge in [-0.2, -0.15) is 5.48 Å². The van der Waals surface area contributed by atoms with Crippen LogP contribution in [0.2, 0.25) is 0 Å². The molecular weight excluding hydrogens is 450 g/mol. The Bertz CT molecular complexity index is 1090. The van der Waals surface area contributed by atoms with Crippen LogP contribution in [-0.4, -0.2) is 61.8 Å². The molecule has 0 aliphatic carbocycles. The highest BCUT2D eigenvalue weighted by Crippen LogP contribution is 2.44. The second-order valence-electron chi connectivity index (χ2n) is 8.76. The third-order valence-corrected chi connectivity index (χ3v) is 6.36. The van der Waals surface area contributed by atoms with E-state index in [1.807, 2.05) is 37.3 Å². The van der Waals surface area contributed by atoms with Gasteiger partial charge in [0.2, 0.25) is 0 Å². The maximum absolute atomic E-state index is 13.0. The molecule has 3 amide bonds. The van der Waals surface area contributed by atoms with Gasteiger partial charge in [-0.15, -0.1) is 0 Å². The summed E-state index contributed by atoms with van der Waals surface area (Å²) in [5.74, 6) is -0.705. The number of amides is 3. The highest BCUT2D eigenvalue weighted by Gasteiger charge is 2.36. The van der Waals surface area contributed by atoms with Gasteiger partial charge in [-0.3, -0.25) is 9.59 Å². The summed E-state index contributed by atoms with van der Waals surface area (Å²) in [6.07, 6.45) is 0.874. The fraction of sp³-hybridized carbons (Fsp3) is 0.423. The van der Waals surface area contributed by atoms with Gasteiger partial charge in [-0.25, -0.2) is 4.79 Å². The molecule has 2 heterocycles. The number of hydrogen-bond donors (Lipinski definition) is 2. The van der Waals surface area contributed by atoms with Gasteiger partial charge in [-0.05, 0) is 31.0 Å². The molecule has 0 spiro atoms. The van der Waals surface area contributed by atoms with Gasteiger partial charge in [0.25, 0.3) is 11.8 Å². The number of rotatable bonds is 5. The van der Waals surface area contributed by atoms with Crippen molar-refractivity contribution in [2.75, 3.05) is 26.7 Å². The first-order valence-electron chi connectivity index (χ1n) is 11.9. The van der Waals surface area contributed by atoms with Crippen molar-refractivity contribution in [1.82, 2.24) is 15.7 Å². The van der Waals surface area contributed by atoms with E-state index in [9.17, 15) is 14.4 Å². The predicted octanol–water partition coefficient (Wildman–Crippen LogP) is 3.24. The Labute approximate surface area is 204 Å². The van der Waals surface area contributed by atoms with E-state index in [2.05, 4.69) is 17.7 Å². The highest BCUT2D eigenvalue weighted by molar-refractivity contribution is 6.02. The Hall–Kier alpha value is -3.59. The normalized spacial score (nSPS) is 21.0. The third kappa shape index (κ3) is 5.24. The van der Waals surface area contributed by atoms with Crippen LogP contribution in [0.4, 0.5) is 4.79 Å². The first-order valence-corrected chi connectivity index (χ1v) is 11.9. The van der Waals surface area contributed by atoms with Crippen molar-refractivity contribution in [2.24, 2.45) is 0 Å². The number of hydroxylamine groups is 1. The lowest BCUT2D eigenvalue weighted by molar-refractivity contribution is -0.0366. The maximum atomic E-state index is 13.0. The van der Waals surface area contributed by atoms with Crippen LogP contribution >= 0.6 is 0 Å². The number of hydrogen-bond acceptors (Lipinski definition) is 6. The number of fused-ring (bicyclic) bond motifs is 1. The van der Waals surface area contributed by atoms with Gasteiger partial charge in [0.1, 0.15) is 11.9 Å². The summed E-state index contributed by atoms with van der Waals surface area (Å²) in [5, 5.41) is 2.60. The number of carbonyl (C=O) groups excluding carboxylic acids is 3. The molecule has 0 saturated carbocycles. The summed E-state index contributed by atoms with van der Waals surface area (Å²) >= 11 is 0. The molecule has 0 radical (unpaired) electrons. The number of benzene rings is 2. The van der Waals surface area contributed by atoms with E-state index in [4.69, 9.17) is 14.3 Å². The van der Waals surface area contributed by atoms with Crippen molar-refractivity contribution in [3.63, 3.8) is 0 Å². The molecule has 0 bridgehead atoms. The zero-order valence-electron chi connectivity index (χ0n) is 20.2. The number of morpholine rings is 1. The summed E-state index contributed by atoms with van der Waals surface area (Å²) in [5.41, 5.74) is 4.43. The lowest BCUT2D eigenvalue weighted by Crippen LogP contribution is -2.47. The van der Waals surface area contributed by atoms with E-state index in [1.165, 1.54) is 18.0 Å². The zero-order valence-corrected chi connectivity index (χ0v) is 20.2. The Kier molecular flexibility index (Phi) is 7.55. The number of carbonyl (C=O) groups is 3. The molecule has 3 unspecified atom stereocenters. The Morgan fingerprint density at radius 2 is 1.91 bits per heavy atom. The van der Waals surface area contributed by atoms with Crippen LogP contribution in [0.1, 0.15) is 64.4 Å². The molecule has 3 atom stereocenters. The van der Waals surface area contributed by atoms with Crippen molar-refractivity contribution < 1.29 is 28.7 Å². The maximum Gasteiger partial charge on any atom is 0.434 e. The van der Waals surface area contributed by atoms with Gasteiger partial charge in [0, 0.05) is 30.6 Å². The molecule has 2 aromatic rings. The largest absolute Gasteiger partial charge is 0.489 e. The molecule has 9 nitrogen and oxygen atoms in total. The fourth-order valence-corrected chi connectivity index (χ4v) is 4.66. The molecule has 186 valence electrons. The van der Waals surface area contributed by atoms with E-state index >= 15 is 0 Å². The molecule has 2 aromatic carbocycles. The third-order valence-electron chi connectivity index (χ3n) is 6.36. The zero-order chi connectivity index (χ0) is 24.9. The molecule has 2 aliphatic rings. The summed E-state index contributed by atoms with van der Waals surface area (Å²) in [6.45, 7) is 5.21. The van der Waals surface area contributed by atoms with Crippen LogP contribution in [0.15, 0.2) is 42.5 Å². The monoisotopic (exact) mass is 481 g/mol. The van der Waals surface area contributed by atoms with Gasteiger partial charge >= 0.3 is 6.09 Å². The summed E-state index contributed by atoms with van der Waals surface area (Å²) in [7, 11) is 1.52. The highest BCUT2D eigenvalue weighted by atomic mass is 16.7. The Morgan fingerprint density at radius 3 is 2.63 bits per heavy atom. The van der Waals surface area contributed by atoms with Crippen molar-refractivity contribution in [3.05, 3.63) is 64.7 Å². The van der Waals surface area contributed by atoms with Crippen LogP contribution < -0.4 is 15.5 Å². The van der Waals surface area contributed by atoms with Crippen molar-refractivity contribution in [1.29, 1.82) is 0 Å². The van der Waals surface area contributed by atoms with E-state index in [1.54, 1.807) is 6.07 Å². The Morgan fingerprint density at radius 1 is 1.14 bits per heavy atom. The fourth-order valence-electron chi connectivity index (χ4n) is 4.66. The predicted molar refractivity (Wildman–Crippen MR) is 128 cm³/mol. The van der Waals surface area contributed by atoms with Crippen molar-refractivity contribution in [3.8, 4) is 5.75 Å². The van der Waals surface area contributed by atoms with Crippen LogP contribution in [0, 0.1) is 0 Å². The van der Waals surface area contributed by atoms with Crippen LogP contribution in [-0.2, 0) is 9.57 Å². The second-order valence-corrected chi connectivity index (χ2v) is 8.76. The van der Waals surface area contributed by atoms with Gasteiger partial charge in [0.05, 0.1) is 24.8 Å². The van der Waals surface area contributed by atoms with Gasteiger partial charge in [-0.1, -0.05) is 43.7 Å². The molecule has 4 rings (SSSR count). The van der Waals surface area contributed by atoms with E-state index in [-0.39, 0.29) is 35.2 Å². The molecule has 9 heteroatoms. The summed E-state index contributed by atoms with van der Waals surface area (Å²) in [6, 6.07) is 12.9. The van der Waals surface area contributed by atoms with E-state index in [0.717, 1.165) is 24.0 Å². The molecule has 2 aliphatic heterocycles. The standard InChI is InChI=1S/C26H31N3O6/c1-4-8-19-15-29(11-12-33-19)26(32)35-28-24(30)18-13-20-22(17-9-6-5-7-10-17)16(2)34-23(20)21(14-18)25(31)27-3/h5-7,9-10,13-14,16,19,22H,4,8,11-12,15H2,1-3H3,(H,27,31)(H,28,30). The summed E-state index contributed by atoms with van der Waals surface area (Å²) < 4.78 is 11.7. The minimum atomic E-state index is -0.644. The van der Waals surface area contributed by atoms with Crippen LogP contribution in [0.25, 0.3) is 0 Å². The topological polar surface area (TPSA) is 106 Å². The minimum absolute atomic E-state index is 0.0410. The number of nitrogens with one attached hydrogen (secondary N) is 2. The first kappa shape index (κ1) is 24.5. The molecule has 35 heavy (non-hydrogen) atoms. The molecular formula is C26H31N3O6. The molecule has 1 saturated heterocycles. The quantitative estimate of drug-likeness (QED) is 0.635. The second kappa shape index (κ2) is 10.8. The minimum Gasteiger partial charge on any atom is -0.489 e. The van der Waals surface area contributed by atoms with E-state index in [0.29, 0.717) is 25.4 Å². The average Bonchev–Trinajstić information content (AvgIpc) is 3.22. The smallest absolute Gasteiger partial charge is 0.434 e. The lowest BCUT2D eigenvalue weighted by Gasteiger charge is -2.31. The lowest BCUT2D eigenvalue weighted by atomic mass is 9.87.